The fourth-order valence-electron chi connectivity index (χ4n) is 2.31. The first-order chi connectivity index (χ1) is 5.70. The topological polar surface area (TPSA) is 26.0 Å². The standard InChI is InChI=1S/C11H23N/c1-9(2)8-10-6-4-3-5-7-11(10)12/h9-11H,3-8,12H2,1-2H3/t10-,11-/m0/s1. The lowest BCUT2D eigenvalue weighted by atomic mass is 9.87. The molecule has 0 aliphatic heterocycles. The Morgan fingerprint density at radius 2 is 1.83 bits per heavy atom. The summed E-state index contributed by atoms with van der Waals surface area (Å²) in [6.07, 6.45) is 8.14. The van der Waals surface area contributed by atoms with Crippen molar-refractivity contribution in [3.8, 4) is 0 Å². The quantitative estimate of drug-likeness (QED) is 0.632. The average molecular weight is 169 g/mol. The first-order valence-electron chi connectivity index (χ1n) is 5.45. The third kappa shape index (κ3) is 3.14. The summed E-state index contributed by atoms with van der Waals surface area (Å²) in [4.78, 5) is 0. The third-order valence-electron chi connectivity index (χ3n) is 2.99. The van der Waals surface area contributed by atoms with Gasteiger partial charge >= 0.3 is 0 Å². The van der Waals surface area contributed by atoms with Crippen LogP contribution in [0.1, 0.15) is 52.4 Å². The molecule has 0 aromatic rings. The molecule has 0 unspecified atom stereocenters. The summed E-state index contributed by atoms with van der Waals surface area (Å²) in [6.45, 7) is 4.61. The van der Waals surface area contributed by atoms with Gasteiger partial charge in [-0.25, -0.2) is 0 Å². The molecule has 1 nitrogen and oxygen atoms in total. The summed E-state index contributed by atoms with van der Waals surface area (Å²) >= 11 is 0. The SMILES string of the molecule is CC(C)C[C@@H]1CCCCC[C@@H]1N. The van der Waals surface area contributed by atoms with E-state index >= 15 is 0 Å². The highest BCUT2D eigenvalue weighted by Crippen LogP contribution is 2.27. The Balaban J connectivity index is 2.36. The zero-order valence-corrected chi connectivity index (χ0v) is 8.55. The van der Waals surface area contributed by atoms with Gasteiger partial charge in [-0.05, 0) is 31.1 Å². The van der Waals surface area contributed by atoms with Crippen LogP contribution < -0.4 is 5.73 Å². The lowest BCUT2D eigenvalue weighted by molar-refractivity contribution is 0.329. The molecule has 0 aromatic carbocycles. The molecule has 0 aromatic heterocycles. The van der Waals surface area contributed by atoms with Gasteiger partial charge in [-0.1, -0.05) is 33.1 Å². The Morgan fingerprint density at radius 1 is 1.17 bits per heavy atom. The normalized spacial score (nSPS) is 32.0. The van der Waals surface area contributed by atoms with E-state index in [0.717, 1.165) is 11.8 Å². The summed E-state index contributed by atoms with van der Waals surface area (Å²) in [5.41, 5.74) is 6.13. The molecular formula is C11H23N. The van der Waals surface area contributed by atoms with Gasteiger partial charge in [0.1, 0.15) is 0 Å². The lowest BCUT2D eigenvalue weighted by Gasteiger charge is -2.22. The van der Waals surface area contributed by atoms with Crippen LogP contribution in [-0.4, -0.2) is 6.04 Å². The molecule has 72 valence electrons. The first kappa shape index (κ1) is 10.0. The maximum Gasteiger partial charge on any atom is 0.00672 e. The molecule has 1 heteroatoms. The summed E-state index contributed by atoms with van der Waals surface area (Å²) in [5, 5.41) is 0. The fraction of sp³-hybridized carbons (Fsp3) is 1.00. The van der Waals surface area contributed by atoms with E-state index in [9.17, 15) is 0 Å². The Bertz CT molecular complexity index is 120. The predicted molar refractivity (Wildman–Crippen MR) is 54.0 cm³/mol. The van der Waals surface area contributed by atoms with Gasteiger partial charge in [0.25, 0.3) is 0 Å². The van der Waals surface area contributed by atoms with Crippen molar-refractivity contribution in [3.63, 3.8) is 0 Å². The van der Waals surface area contributed by atoms with Crippen LogP contribution in [0.5, 0.6) is 0 Å². The van der Waals surface area contributed by atoms with E-state index in [1.165, 1.54) is 38.5 Å². The van der Waals surface area contributed by atoms with Crippen LogP contribution in [-0.2, 0) is 0 Å². The first-order valence-corrected chi connectivity index (χ1v) is 5.45. The molecule has 1 rings (SSSR count). The third-order valence-corrected chi connectivity index (χ3v) is 2.99. The molecule has 1 fully saturated rings. The average Bonchev–Trinajstić information content (AvgIpc) is 2.16. The lowest BCUT2D eigenvalue weighted by Crippen LogP contribution is -2.29. The van der Waals surface area contributed by atoms with E-state index in [2.05, 4.69) is 13.8 Å². The Morgan fingerprint density at radius 3 is 2.50 bits per heavy atom. The maximum absolute atomic E-state index is 6.13. The fourth-order valence-corrected chi connectivity index (χ4v) is 2.31. The Kier molecular flexibility index (Phi) is 4.07. The summed E-state index contributed by atoms with van der Waals surface area (Å²) < 4.78 is 0. The Labute approximate surface area is 76.7 Å². The van der Waals surface area contributed by atoms with Gasteiger partial charge < -0.3 is 5.73 Å². The van der Waals surface area contributed by atoms with E-state index in [4.69, 9.17) is 5.73 Å². The number of hydrogen-bond acceptors (Lipinski definition) is 1. The largest absolute Gasteiger partial charge is 0.327 e. The minimum atomic E-state index is 0.495. The smallest absolute Gasteiger partial charge is 0.00672 e. The van der Waals surface area contributed by atoms with Crippen LogP contribution in [0, 0.1) is 11.8 Å². The monoisotopic (exact) mass is 169 g/mol. The highest BCUT2D eigenvalue weighted by Gasteiger charge is 2.20. The van der Waals surface area contributed by atoms with Crippen molar-refractivity contribution in [2.75, 3.05) is 0 Å². The molecule has 1 aliphatic carbocycles. The van der Waals surface area contributed by atoms with Crippen LogP contribution >= 0.6 is 0 Å². The van der Waals surface area contributed by atoms with Crippen LogP contribution in [0.3, 0.4) is 0 Å². The van der Waals surface area contributed by atoms with Crippen molar-refractivity contribution in [1.29, 1.82) is 0 Å². The molecule has 2 atom stereocenters. The van der Waals surface area contributed by atoms with Crippen molar-refractivity contribution < 1.29 is 0 Å². The molecule has 0 heterocycles. The molecule has 0 bridgehead atoms. The highest BCUT2D eigenvalue weighted by atomic mass is 14.6. The molecule has 0 radical (unpaired) electrons. The van der Waals surface area contributed by atoms with Crippen LogP contribution in [0.2, 0.25) is 0 Å². The van der Waals surface area contributed by atoms with Gasteiger partial charge in [-0.3, -0.25) is 0 Å². The van der Waals surface area contributed by atoms with Crippen molar-refractivity contribution in [2.45, 2.75) is 58.4 Å². The van der Waals surface area contributed by atoms with Crippen molar-refractivity contribution in [2.24, 2.45) is 17.6 Å². The van der Waals surface area contributed by atoms with Crippen molar-refractivity contribution >= 4 is 0 Å². The zero-order chi connectivity index (χ0) is 8.97. The van der Waals surface area contributed by atoms with Crippen molar-refractivity contribution in [3.05, 3.63) is 0 Å². The number of rotatable bonds is 2. The molecule has 2 N–H and O–H groups in total. The second kappa shape index (κ2) is 4.86. The summed E-state index contributed by atoms with van der Waals surface area (Å²) in [6, 6.07) is 0.495. The summed E-state index contributed by atoms with van der Waals surface area (Å²) in [7, 11) is 0. The minimum Gasteiger partial charge on any atom is -0.327 e. The second-order valence-electron chi connectivity index (χ2n) is 4.69. The van der Waals surface area contributed by atoms with E-state index in [0.29, 0.717) is 6.04 Å². The number of nitrogens with two attached hydrogens (primary N) is 1. The molecule has 1 aliphatic rings. The molecule has 0 saturated heterocycles. The minimum absolute atomic E-state index is 0.495. The summed E-state index contributed by atoms with van der Waals surface area (Å²) in [5.74, 6) is 1.63. The van der Waals surface area contributed by atoms with Gasteiger partial charge in [0.15, 0.2) is 0 Å². The Hall–Kier alpha value is -0.0400. The van der Waals surface area contributed by atoms with E-state index in [1.807, 2.05) is 0 Å². The van der Waals surface area contributed by atoms with Crippen LogP contribution in [0.15, 0.2) is 0 Å². The van der Waals surface area contributed by atoms with E-state index in [-0.39, 0.29) is 0 Å². The van der Waals surface area contributed by atoms with Crippen LogP contribution in [0.25, 0.3) is 0 Å². The van der Waals surface area contributed by atoms with Gasteiger partial charge in [0.2, 0.25) is 0 Å². The van der Waals surface area contributed by atoms with Crippen LogP contribution in [0.4, 0.5) is 0 Å². The number of hydrogen-bond donors (Lipinski definition) is 1. The highest BCUT2D eigenvalue weighted by molar-refractivity contribution is 4.77. The maximum atomic E-state index is 6.13. The van der Waals surface area contributed by atoms with Gasteiger partial charge in [-0.15, -0.1) is 0 Å². The van der Waals surface area contributed by atoms with Gasteiger partial charge in [0.05, 0.1) is 0 Å². The van der Waals surface area contributed by atoms with Crippen molar-refractivity contribution in [1.82, 2.24) is 0 Å². The molecule has 0 spiro atoms. The molecule has 1 saturated carbocycles. The molecular weight excluding hydrogens is 146 g/mol. The second-order valence-corrected chi connectivity index (χ2v) is 4.69. The van der Waals surface area contributed by atoms with E-state index < -0.39 is 0 Å². The molecule has 12 heavy (non-hydrogen) atoms. The van der Waals surface area contributed by atoms with Gasteiger partial charge in [0, 0.05) is 6.04 Å². The van der Waals surface area contributed by atoms with E-state index in [1.54, 1.807) is 0 Å². The zero-order valence-electron chi connectivity index (χ0n) is 8.55. The predicted octanol–water partition coefficient (Wildman–Crippen LogP) is 2.94. The van der Waals surface area contributed by atoms with Gasteiger partial charge in [-0.2, -0.15) is 0 Å². The molecule has 0 amide bonds.